The van der Waals surface area contributed by atoms with E-state index in [9.17, 15) is 9.59 Å². The third-order valence-electron chi connectivity index (χ3n) is 4.09. The number of urea groups is 1. The number of nitrogens with one attached hydrogen (secondary N) is 3. The van der Waals surface area contributed by atoms with Crippen LogP contribution in [-0.4, -0.2) is 32.0 Å². The third-order valence-corrected chi connectivity index (χ3v) is 4.09. The summed E-state index contributed by atoms with van der Waals surface area (Å²) in [6.45, 7) is 0.742. The van der Waals surface area contributed by atoms with Crippen molar-refractivity contribution in [2.24, 2.45) is 0 Å². The van der Waals surface area contributed by atoms with Crippen LogP contribution in [-0.2, 0) is 13.1 Å². The van der Waals surface area contributed by atoms with Crippen LogP contribution in [0.1, 0.15) is 21.7 Å². The Morgan fingerprint density at radius 3 is 2.58 bits per heavy atom. The van der Waals surface area contributed by atoms with Crippen LogP contribution in [0.2, 0.25) is 0 Å². The van der Waals surface area contributed by atoms with Crippen LogP contribution in [0.3, 0.4) is 0 Å². The van der Waals surface area contributed by atoms with Gasteiger partial charge < -0.3 is 15.5 Å². The fourth-order valence-electron chi connectivity index (χ4n) is 2.78. The second-order valence-corrected chi connectivity index (χ2v) is 5.85. The first kappa shape index (κ1) is 15.8. The number of benzene rings is 1. The molecule has 0 spiro atoms. The monoisotopic (exact) mass is 348 g/mol. The first-order chi connectivity index (χ1) is 12.7. The number of rotatable bonds is 3. The minimum absolute atomic E-state index is 0.212. The predicted octanol–water partition coefficient (Wildman–Crippen LogP) is 2.60. The molecule has 0 atom stereocenters. The molecule has 3 aromatic rings. The maximum atomic E-state index is 12.4. The average molecular weight is 348 g/mol. The highest BCUT2D eigenvalue weighted by atomic mass is 16.2. The summed E-state index contributed by atoms with van der Waals surface area (Å²) in [6.07, 6.45) is 1.56. The molecule has 0 aliphatic carbocycles. The summed E-state index contributed by atoms with van der Waals surface area (Å²) < 4.78 is 0. The van der Waals surface area contributed by atoms with Crippen LogP contribution in [0.4, 0.5) is 16.3 Å². The van der Waals surface area contributed by atoms with Crippen molar-refractivity contribution in [1.29, 1.82) is 0 Å². The molecule has 4 rings (SSSR count). The van der Waals surface area contributed by atoms with Crippen molar-refractivity contribution < 1.29 is 9.59 Å². The number of fused-ring (bicyclic) bond motifs is 1. The normalized spacial score (nSPS) is 12.5. The zero-order valence-electron chi connectivity index (χ0n) is 13.8. The average Bonchev–Trinajstić information content (AvgIpc) is 3.25. The second-order valence-electron chi connectivity index (χ2n) is 5.85. The van der Waals surface area contributed by atoms with Gasteiger partial charge in [-0.1, -0.05) is 24.3 Å². The zero-order chi connectivity index (χ0) is 17.9. The molecule has 2 aromatic heterocycles. The lowest BCUT2D eigenvalue weighted by molar-refractivity contribution is 0.102. The smallest absolute Gasteiger partial charge is 0.314 e. The van der Waals surface area contributed by atoms with Crippen molar-refractivity contribution in [2.75, 3.05) is 10.6 Å². The molecule has 130 valence electrons. The molecule has 1 aliphatic heterocycles. The van der Waals surface area contributed by atoms with E-state index in [1.165, 1.54) is 0 Å². The van der Waals surface area contributed by atoms with Gasteiger partial charge in [0.2, 0.25) is 0 Å². The van der Waals surface area contributed by atoms with Gasteiger partial charge in [0, 0.05) is 17.4 Å². The molecule has 8 heteroatoms. The maximum absolute atomic E-state index is 12.4. The van der Waals surface area contributed by atoms with E-state index in [4.69, 9.17) is 0 Å². The van der Waals surface area contributed by atoms with Crippen LogP contribution in [0.15, 0.2) is 54.7 Å². The summed E-state index contributed by atoms with van der Waals surface area (Å²) in [7, 11) is 0. The van der Waals surface area contributed by atoms with Gasteiger partial charge in [0.1, 0.15) is 11.5 Å². The Balaban J connectivity index is 1.44. The molecule has 1 aromatic carbocycles. The number of aromatic amines is 1. The third kappa shape index (κ3) is 3.12. The summed E-state index contributed by atoms with van der Waals surface area (Å²) in [6, 6.07) is 14.2. The molecule has 3 heterocycles. The lowest BCUT2D eigenvalue weighted by Crippen LogP contribution is -2.30. The van der Waals surface area contributed by atoms with Gasteiger partial charge in [0.25, 0.3) is 5.91 Å². The number of hydrogen-bond donors (Lipinski definition) is 3. The Kier molecular flexibility index (Phi) is 4.06. The van der Waals surface area contributed by atoms with Crippen molar-refractivity contribution in [3.05, 3.63) is 71.7 Å². The largest absolute Gasteiger partial charge is 0.322 e. The number of para-hydroxylation sites is 1. The highest BCUT2D eigenvalue weighted by Gasteiger charge is 2.29. The number of amides is 3. The van der Waals surface area contributed by atoms with E-state index < -0.39 is 0 Å². The zero-order valence-corrected chi connectivity index (χ0v) is 13.8. The van der Waals surface area contributed by atoms with Crippen molar-refractivity contribution in [1.82, 2.24) is 20.1 Å². The van der Waals surface area contributed by atoms with E-state index in [1.807, 2.05) is 30.3 Å². The first-order valence-electron chi connectivity index (χ1n) is 8.10. The highest BCUT2D eigenvalue weighted by Crippen LogP contribution is 2.27. The molecular formula is C18H16N6O2. The quantitative estimate of drug-likeness (QED) is 0.677. The predicted molar refractivity (Wildman–Crippen MR) is 95.5 cm³/mol. The van der Waals surface area contributed by atoms with Gasteiger partial charge in [-0.15, -0.1) is 0 Å². The van der Waals surface area contributed by atoms with Gasteiger partial charge in [0.15, 0.2) is 0 Å². The number of anilines is 2. The molecule has 8 nitrogen and oxygen atoms in total. The van der Waals surface area contributed by atoms with Crippen LogP contribution < -0.4 is 10.6 Å². The van der Waals surface area contributed by atoms with Crippen molar-refractivity contribution >= 4 is 23.4 Å². The topological polar surface area (TPSA) is 103 Å². The van der Waals surface area contributed by atoms with Crippen molar-refractivity contribution in [2.45, 2.75) is 13.1 Å². The van der Waals surface area contributed by atoms with Gasteiger partial charge in [-0.2, -0.15) is 5.10 Å². The van der Waals surface area contributed by atoms with Gasteiger partial charge in [-0.25, -0.2) is 4.79 Å². The SMILES string of the molecule is O=C(Nc1[nH]nc2c1CN(C(=O)Nc1ccccc1)C2)c1ccccn1. The lowest BCUT2D eigenvalue weighted by atomic mass is 10.2. The number of nitrogens with zero attached hydrogens (tertiary/aromatic N) is 3. The van der Waals surface area contributed by atoms with E-state index >= 15 is 0 Å². The van der Waals surface area contributed by atoms with E-state index in [0.29, 0.717) is 24.6 Å². The van der Waals surface area contributed by atoms with Crippen molar-refractivity contribution in [3.63, 3.8) is 0 Å². The summed E-state index contributed by atoms with van der Waals surface area (Å²) in [5.74, 6) is 0.162. The molecule has 26 heavy (non-hydrogen) atoms. The number of aromatic nitrogens is 3. The highest BCUT2D eigenvalue weighted by molar-refractivity contribution is 6.02. The molecule has 0 saturated carbocycles. The Bertz CT molecular complexity index is 939. The molecular weight excluding hydrogens is 332 g/mol. The molecule has 0 unspecified atom stereocenters. The number of hydrogen-bond acceptors (Lipinski definition) is 4. The maximum Gasteiger partial charge on any atom is 0.322 e. The summed E-state index contributed by atoms with van der Waals surface area (Å²) in [4.78, 5) is 30.3. The number of H-pyrrole nitrogens is 1. The Morgan fingerprint density at radius 2 is 1.81 bits per heavy atom. The van der Waals surface area contributed by atoms with Gasteiger partial charge in [-0.05, 0) is 24.3 Å². The molecule has 0 fully saturated rings. The standard InChI is InChI=1S/C18H16N6O2/c25-17(14-8-4-5-9-19-14)21-16-13-10-24(11-15(13)22-23-16)18(26)20-12-6-2-1-3-7-12/h1-9H,10-11H2,(H,20,26)(H2,21,22,23,25). The second kappa shape index (κ2) is 6.67. The minimum Gasteiger partial charge on any atom is -0.314 e. The molecule has 0 radical (unpaired) electrons. The fraction of sp³-hybridized carbons (Fsp3) is 0.111. The van der Waals surface area contributed by atoms with E-state index in [2.05, 4.69) is 25.8 Å². The van der Waals surface area contributed by atoms with Crippen LogP contribution in [0, 0.1) is 0 Å². The van der Waals surface area contributed by atoms with E-state index in [-0.39, 0.29) is 11.9 Å². The first-order valence-corrected chi connectivity index (χ1v) is 8.10. The molecule has 0 bridgehead atoms. The number of pyridine rings is 1. The fourth-order valence-corrected chi connectivity index (χ4v) is 2.78. The Hall–Kier alpha value is -3.68. The van der Waals surface area contributed by atoms with Crippen molar-refractivity contribution in [3.8, 4) is 0 Å². The molecule has 1 aliphatic rings. The van der Waals surface area contributed by atoms with Crippen LogP contribution in [0.25, 0.3) is 0 Å². The lowest BCUT2D eigenvalue weighted by Gasteiger charge is -2.16. The molecule has 3 N–H and O–H groups in total. The van der Waals surface area contributed by atoms with E-state index in [0.717, 1.165) is 16.9 Å². The summed E-state index contributed by atoms with van der Waals surface area (Å²) in [5.41, 5.74) is 2.59. The minimum atomic E-state index is -0.329. The Labute approximate surface area is 149 Å². The van der Waals surface area contributed by atoms with Gasteiger partial charge >= 0.3 is 6.03 Å². The van der Waals surface area contributed by atoms with Gasteiger partial charge in [-0.3, -0.25) is 14.9 Å². The number of carbonyl (C=O) groups excluding carboxylic acids is 2. The van der Waals surface area contributed by atoms with Crippen LogP contribution in [0.5, 0.6) is 0 Å². The summed E-state index contributed by atoms with van der Waals surface area (Å²) in [5, 5.41) is 12.6. The Morgan fingerprint density at radius 1 is 1.00 bits per heavy atom. The molecule has 3 amide bonds. The summed E-state index contributed by atoms with van der Waals surface area (Å²) >= 11 is 0. The number of carbonyl (C=O) groups is 2. The van der Waals surface area contributed by atoms with Gasteiger partial charge in [0.05, 0.1) is 18.8 Å². The molecule has 0 saturated heterocycles. The van der Waals surface area contributed by atoms with E-state index in [1.54, 1.807) is 29.3 Å². The van der Waals surface area contributed by atoms with Crippen LogP contribution >= 0.6 is 0 Å².